The van der Waals surface area contributed by atoms with Gasteiger partial charge in [-0.1, -0.05) is 42.0 Å². The van der Waals surface area contributed by atoms with Crippen molar-refractivity contribution in [2.24, 2.45) is 0 Å². The number of ketones is 5. The van der Waals surface area contributed by atoms with E-state index in [1.165, 1.54) is 23.8 Å². The lowest BCUT2D eigenvalue weighted by atomic mass is 9.75. The highest BCUT2D eigenvalue weighted by Gasteiger charge is 2.46. The first-order chi connectivity index (χ1) is 17.5. The van der Waals surface area contributed by atoms with Gasteiger partial charge in [0.05, 0.1) is 5.57 Å². The number of alkyl halides is 1. The van der Waals surface area contributed by atoms with E-state index in [4.69, 9.17) is 16.3 Å². The summed E-state index contributed by atoms with van der Waals surface area (Å²) in [4.78, 5) is 66.4. The van der Waals surface area contributed by atoms with Crippen LogP contribution in [0, 0.1) is 0 Å². The monoisotopic (exact) mass is 514 g/mol. The second-order valence-corrected chi connectivity index (χ2v) is 10.3. The maximum Gasteiger partial charge on any atom is 0.238 e. The van der Waals surface area contributed by atoms with Crippen LogP contribution >= 0.6 is 11.6 Å². The molecule has 0 N–H and O–H groups in total. The SMILES string of the molecule is CC(C)=CCC[C@]1(C)C=Cc2c(ccc3c2C(=O)C(=O)C(=C2C(=O)c4ccccc4C(=O)C2Cl)C3=O)O1. The Bertz CT molecular complexity index is 1540. The normalized spacial score (nSPS) is 24.3. The van der Waals surface area contributed by atoms with Gasteiger partial charge in [0.25, 0.3) is 0 Å². The molecule has 0 aromatic heterocycles. The van der Waals surface area contributed by atoms with Gasteiger partial charge in [0.1, 0.15) is 16.7 Å². The lowest BCUT2D eigenvalue weighted by Crippen LogP contribution is -2.39. The van der Waals surface area contributed by atoms with E-state index in [2.05, 4.69) is 6.08 Å². The van der Waals surface area contributed by atoms with Gasteiger partial charge in [-0.25, -0.2) is 0 Å². The van der Waals surface area contributed by atoms with E-state index < -0.39 is 51.0 Å². The third-order valence-electron chi connectivity index (χ3n) is 6.91. The third-order valence-corrected chi connectivity index (χ3v) is 7.33. The summed E-state index contributed by atoms with van der Waals surface area (Å²) in [5.74, 6) is -3.84. The molecular formula is C30H23ClO6. The topological polar surface area (TPSA) is 94.6 Å². The molecule has 5 rings (SSSR count). The molecule has 2 aromatic carbocycles. The van der Waals surface area contributed by atoms with Gasteiger partial charge in [0.15, 0.2) is 17.3 Å². The summed E-state index contributed by atoms with van der Waals surface area (Å²) in [6.07, 6.45) is 7.13. The average Bonchev–Trinajstić information content (AvgIpc) is 2.87. The first-order valence-electron chi connectivity index (χ1n) is 11.9. The zero-order valence-corrected chi connectivity index (χ0v) is 21.3. The maximum atomic E-state index is 13.6. The van der Waals surface area contributed by atoms with E-state index in [1.807, 2.05) is 26.8 Å². The molecule has 6 nitrogen and oxygen atoms in total. The molecule has 2 aromatic rings. The van der Waals surface area contributed by atoms with Crippen LogP contribution in [0.15, 0.2) is 65.3 Å². The molecule has 0 amide bonds. The molecular weight excluding hydrogens is 492 g/mol. The summed E-state index contributed by atoms with van der Waals surface area (Å²) in [6, 6.07) is 9.05. The van der Waals surface area contributed by atoms with Gasteiger partial charge in [-0.15, -0.1) is 11.6 Å². The standard InChI is InChI=1S/C30H23ClO6/c1-15(2)7-6-13-30(3)14-12-18-20(37-30)11-10-19-21(18)28(35)29(36)23(26(19)33)22-24(31)27(34)17-9-5-4-8-16(17)25(22)32/h4-5,7-12,14,24H,6,13H2,1-3H3/t24?,30-/m1/s1. The Morgan fingerprint density at radius 2 is 1.62 bits per heavy atom. The lowest BCUT2D eigenvalue weighted by Gasteiger charge is -2.33. The highest BCUT2D eigenvalue weighted by molar-refractivity contribution is 6.61. The number of allylic oxidation sites excluding steroid dienone is 4. The Morgan fingerprint density at radius 1 is 0.919 bits per heavy atom. The molecule has 0 saturated carbocycles. The molecule has 0 radical (unpaired) electrons. The van der Waals surface area contributed by atoms with Crippen molar-refractivity contribution in [2.45, 2.75) is 44.6 Å². The van der Waals surface area contributed by atoms with E-state index >= 15 is 0 Å². The van der Waals surface area contributed by atoms with Crippen LogP contribution in [-0.4, -0.2) is 39.9 Å². The van der Waals surface area contributed by atoms with Crippen LogP contribution in [0.4, 0.5) is 0 Å². The lowest BCUT2D eigenvalue weighted by molar-refractivity contribution is -0.111. The van der Waals surface area contributed by atoms with Gasteiger partial charge in [-0.2, -0.15) is 0 Å². The molecule has 0 saturated heterocycles. The predicted octanol–water partition coefficient (Wildman–Crippen LogP) is 5.53. The van der Waals surface area contributed by atoms with Crippen molar-refractivity contribution in [3.8, 4) is 5.75 Å². The van der Waals surface area contributed by atoms with Crippen LogP contribution in [0.25, 0.3) is 6.08 Å². The number of halogens is 1. The van der Waals surface area contributed by atoms with Crippen molar-refractivity contribution in [1.29, 1.82) is 0 Å². The van der Waals surface area contributed by atoms with Gasteiger partial charge in [0, 0.05) is 33.4 Å². The summed E-state index contributed by atoms with van der Waals surface area (Å²) in [6.45, 7) is 5.97. The summed E-state index contributed by atoms with van der Waals surface area (Å²) >= 11 is 6.32. The van der Waals surface area contributed by atoms with Crippen LogP contribution < -0.4 is 4.74 Å². The number of benzene rings is 2. The third kappa shape index (κ3) is 3.92. The minimum atomic E-state index is -1.55. The van der Waals surface area contributed by atoms with Gasteiger partial charge >= 0.3 is 0 Å². The number of Topliss-reactive ketones (excluding diaryl/α,β-unsaturated/α-hetero) is 5. The quantitative estimate of drug-likeness (QED) is 0.176. The zero-order valence-electron chi connectivity index (χ0n) is 20.5. The van der Waals surface area contributed by atoms with Crippen molar-refractivity contribution >= 4 is 46.6 Å². The Balaban J connectivity index is 1.60. The minimum Gasteiger partial charge on any atom is -0.483 e. The van der Waals surface area contributed by atoms with Crippen LogP contribution in [0.2, 0.25) is 0 Å². The van der Waals surface area contributed by atoms with Gasteiger partial charge in [0.2, 0.25) is 11.6 Å². The average molecular weight is 515 g/mol. The first-order valence-corrected chi connectivity index (χ1v) is 12.4. The second-order valence-electron chi connectivity index (χ2n) is 9.85. The Morgan fingerprint density at radius 3 is 2.32 bits per heavy atom. The number of carbonyl (C=O) groups excluding carboxylic acids is 5. The predicted molar refractivity (Wildman–Crippen MR) is 139 cm³/mol. The number of carbonyl (C=O) groups is 5. The van der Waals surface area contributed by atoms with Crippen LogP contribution in [0.3, 0.4) is 0 Å². The van der Waals surface area contributed by atoms with Crippen LogP contribution in [0.1, 0.15) is 80.6 Å². The fourth-order valence-electron chi connectivity index (χ4n) is 4.99. The highest BCUT2D eigenvalue weighted by Crippen LogP contribution is 2.41. The van der Waals surface area contributed by atoms with Crippen LogP contribution in [0.5, 0.6) is 5.75 Å². The van der Waals surface area contributed by atoms with Gasteiger partial charge in [-0.05, 0) is 51.8 Å². The molecule has 186 valence electrons. The largest absolute Gasteiger partial charge is 0.483 e. The number of hydrogen-bond acceptors (Lipinski definition) is 6. The molecule has 0 fully saturated rings. The van der Waals surface area contributed by atoms with Crippen molar-refractivity contribution < 1.29 is 28.7 Å². The van der Waals surface area contributed by atoms with Crippen molar-refractivity contribution in [3.63, 3.8) is 0 Å². The molecule has 0 spiro atoms. The molecule has 2 aliphatic carbocycles. The summed E-state index contributed by atoms with van der Waals surface area (Å²) in [7, 11) is 0. The van der Waals surface area contributed by atoms with Crippen molar-refractivity contribution in [3.05, 3.63) is 93.1 Å². The fraction of sp³-hybridized carbons (Fsp3) is 0.233. The van der Waals surface area contributed by atoms with Crippen molar-refractivity contribution in [2.75, 3.05) is 0 Å². The molecule has 2 atom stereocenters. The fourth-order valence-corrected chi connectivity index (χ4v) is 5.31. The van der Waals surface area contributed by atoms with Gasteiger partial charge in [-0.3, -0.25) is 24.0 Å². The number of fused-ring (bicyclic) bond motifs is 4. The molecule has 37 heavy (non-hydrogen) atoms. The molecule has 3 aliphatic rings. The van der Waals surface area contributed by atoms with E-state index in [-0.39, 0.29) is 22.3 Å². The van der Waals surface area contributed by atoms with E-state index in [9.17, 15) is 24.0 Å². The first kappa shape index (κ1) is 24.8. The number of hydrogen-bond donors (Lipinski definition) is 0. The minimum absolute atomic E-state index is 0.0322. The molecule has 1 heterocycles. The Kier molecular flexibility index (Phi) is 5.95. The maximum absolute atomic E-state index is 13.6. The smallest absolute Gasteiger partial charge is 0.238 e. The molecule has 7 heteroatoms. The van der Waals surface area contributed by atoms with E-state index in [0.717, 1.165) is 6.42 Å². The van der Waals surface area contributed by atoms with Crippen molar-refractivity contribution in [1.82, 2.24) is 0 Å². The second kappa shape index (κ2) is 8.89. The summed E-state index contributed by atoms with van der Waals surface area (Å²) in [5.41, 5.74) is -0.120. The molecule has 1 unspecified atom stereocenters. The van der Waals surface area contributed by atoms with Crippen LogP contribution in [-0.2, 0) is 4.79 Å². The number of rotatable bonds is 3. The number of ether oxygens (including phenoxy) is 1. The molecule has 0 bridgehead atoms. The Hall–Kier alpha value is -3.90. The van der Waals surface area contributed by atoms with E-state index in [0.29, 0.717) is 17.7 Å². The van der Waals surface area contributed by atoms with E-state index in [1.54, 1.807) is 24.3 Å². The highest BCUT2D eigenvalue weighted by atomic mass is 35.5. The van der Waals surface area contributed by atoms with Gasteiger partial charge < -0.3 is 4.74 Å². The molecule has 1 aliphatic heterocycles. The Labute approximate surface area is 218 Å². The summed E-state index contributed by atoms with van der Waals surface area (Å²) in [5, 5.41) is -1.55. The zero-order chi connectivity index (χ0) is 26.6. The summed E-state index contributed by atoms with van der Waals surface area (Å²) < 4.78 is 6.19.